The van der Waals surface area contributed by atoms with E-state index in [1.54, 1.807) is 0 Å². The van der Waals surface area contributed by atoms with Gasteiger partial charge in [0.25, 0.3) is 0 Å². The highest BCUT2D eigenvalue weighted by molar-refractivity contribution is 5.06. The van der Waals surface area contributed by atoms with Crippen molar-refractivity contribution in [2.24, 2.45) is 5.92 Å². The molecular formula is C15H28N2O. The van der Waals surface area contributed by atoms with Gasteiger partial charge in [0.1, 0.15) is 5.72 Å². The predicted molar refractivity (Wildman–Crippen MR) is 73.5 cm³/mol. The van der Waals surface area contributed by atoms with E-state index in [0.29, 0.717) is 6.10 Å². The van der Waals surface area contributed by atoms with Crippen molar-refractivity contribution in [3.8, 4) is 0 Å². The van der Waals surface area contributed by atoms with Crippen LogP contribution in [-0.2, 0) is 4.74 Å². The molecule has 2 heterocycles. The van der Waals surface area contributed by atoms with Crippen molar-refractivity contribution in [1.29, 1.82) is 0 Å². The number of nitrogens with one attached hydrogen (secondary N) is 2. The van der Waals surface area contributed by atoms with Gasteiger partial charge in [-0.05, 0) is 46.5 Å². The summed E-state index contributed by atoms with van der Waals surface area (Å²) >= 11 is 0. The van der Waals surface area contributed by atoms with Gasteiger partial charge in [-0.15, -0.1) is 0 Å². The normalized spacial score (nSPS) is 40.7. The molecule has 0 amide bonds. The summed E-state index contributed by atoms with van der Waals surface area (Å²) in [4.78, 5) is 0. The van der Waals surface area contributed by atoms with Gasteiger partial charge in [-0.25, -0.2) is 0 Å². The summed E-state index contributed by atoms with van der Waals surface area (Å²) in [6, 6.07) is 0. The molecule has 2 atom stereocenters. The van der Waals surface area contributed by atoms with Gasteiger partial charge in [0.2, 0.25) is 0 Å². The van der Waals surface area contributed by atoms with E-state index in [1.807, 2.05) is 0 Å². The smallest absolute Gasteiger partial charge is 0.123 e. The van der Waals surface area contributed by atoms with E-state index in [1.165, 1.54) is 19.3 Å². The molecule has 3 nitrogen and oxygen atoms in total. The molecule has 0 radical (unpaired) electrons. The van der Waals surface area contributed by atoms with Crippen molar-refractivity contribution in [3.05, 3.63) is 0 Å². The second-order valence-corrected chi connectivity index (χ2v) is 7.97. The first kappa shape index (κ1) is 12.9. The Morgan fingerprint density at radius 1 is 1.00 bits per heavy atom. The molecule has 0 aromatic heterocycles. The lowest BCUT2D eigenvalue weighted by Crippen LogP contribution is -2.71. The summed E-state index contributed by atoms with van der Waals surface area (Å²) in [5.41, 5.74) is 0.185. The summed E-state index contributed by atoms with van der Waals surface area (Å²) in [7, 11) is 0. The minimum Gasteiger partial charge on any atom is -0.357 e. The average Bonchev–Trinajstić information content (AvgIpc) is 2.58. The minimum atomic E-state index is -0.0935. The number of ether oxygens (including phenoxy) is 1. The third-order valence-corrected chi connectivity index (χ3v) is 4.78. The van der Waals surface area contributed by atoms with Crippen LogP contribution in [0.2, 0.25) is 0 Å². The van der Waals surface area contributed by atoms with Gasteiger partial charge >= 0.3 is 0 Å². The van der Waals surface area contributed by atoms with Crippen LogP contribution in [0.5, 0.6) is 0 Å². The minimum absolute atomic E-state index is 0.0935. The van der Waals surface area contributed by atoms with Gasteiger partial charge < -0.3 is 10.1 Å². The molecule has 2 unspecified atom stereocenters. The van der Waals surface area contributed by atoms with Gasteiger partial charge in [0.15, 0.2) is 0 Å². The van der Waals surface area contributed by atoms with Crippen LogP contribution in [0.4, 0.5) is 0 Å². The van der Waals surface area contributed by atoms with Crippen LogP contribution in [0.3, 0.4) is 0 Å². The van der Waals surface area contributed by atoms with Gasteiger partial charge in [0.05, 0.1) is 6.10 Å². The highest BCUT2D eigenvalue weighted by atomic mass is 16.5. The van der Waals surface area contributed by atoms with Crippen molar-refractivity contribution in [3.63, 3.8) is 0 Å². The average molecular weight is 252 g/mol. The third kappa shape index (κ3) is 2.33. The fraction of sp³-hybridized carbons (Fsp3) is 1.00. The van der Waals surface area contributed by atoms with E-state index in [9.17, 15) is 0 Å². The van der Waals surface area contributed by atoms with Crippen LogP contribution < -0.4 is 10.6 Å². The van der Waals surface area contributed by atoms with Crippen molar-refractivity contribution in [2.75, 3.05) is 6.54 Å². The molecule has 1 saturated carbocycles. The van der Waals surface area contributed by atoms with E-state index in [0.717, 1.165) is 25.3 Å². The molecule has 0 aromatic carbocycles. The number of rotatable bonds is 0. The summed E-state index contributed by atoms with van der Waals surface area (Å²) in [5.74, 6) is 0.761. The molecule has 104 valence electrons. The van der Waals surface area contributed by atoms with Crippen LogP contribution in [-0.4, -0.2) is 29.5 Å². The molecule has 18 heavy (non-hydrogen) atoms. The molecule has 0 aromatic rings. The van der Waals surface area contributed by atoms with Gasteiger partial charge in [-0.3, -0.25) is 5.32 Å². The first-order chi connectivity index (χ1) is 8.29. The second kappa shape index (κ2) is 3.94. The fourth-order valence-electron chi connectivity index (χ4n) is 4.74. The quantitative estimate of drug-likeness (QED) is 0.694. The lowest BCUT2D eigenvalue weighted by Gasteiger charge is -2.56. The highest BCUT2D eigenvalue weighted by Gasteiger charge is 2.52. The Balaban J connectivity index is 1.81. The molecule has 3 aliphatic rings. The van der Waals surface area contributed by atoms with Crippen LogP contribution in [0.15, 0.2) is 0 Å². The molecule has 1 spiro atoms. The maximum absolute atomic E-state index is 6.56. The van der Waals surface area contributed by atoms with Crippen LogP contribution >= 0.6 is 0 Å². The monoisotopic (exact) mass is 252 g/mol. The zero-order valence-corrected chi connectivity index (χ0v) is 12.3. The number of fused-ring (bicyclic) bond motifs is 1. The molecule has 2 saturated heterocycles. The first-order valence-corrected chi connectivity index (χ1v) is 7.52. The molecule has 2 aliphatic heterocycles. The van der Waals surface area contributed by atoms with E-state index in [4.69, 9.17) is 4.74 Å². The Kier molecular flexibility index (Phi) is 2.82. The first-order valence-electron chi connectivity index (χ1n) is 7.52. The van der Waals surface area contributed by atoms with Crippen molar-refractivity contribution in [1.82, 2.24) is 10.6 Å². The zero-order valence-electron chi connectivity index (χ0n) is 12.3. The van der Waals surface area contributed by atoms with Crippen molar-refractivity contribution in [2.45, 2.75) is 82.7 Å². The van der Waals surface area contributed by atoms with Crippen LogP contribution in [0, 0.1) is 5.92 Å². The van der Waals surface area contributed by atoms with E-state index in [2.05, 4.69) is 38.3 Å². The van der Waals surface area contributed by atoms with Crippen molar-refractivity contribution < 1.29 is 4.74 Å². The van der Waals surface area contributed by atoms with Crippen LogP contribution in [0.25, 0.3) is 0 Å². The van der Waals surface area contributed by atoms with Gasteiger partial charge in [-0.1, -0.05) is 6.42 Å². The standard InChI is InChI=1S/C15H28N2O/c1-13(2)9-15(10-14(3,4)17-13)16-8-11-6-5-7-12(11)18-15/h11-12,16-17H,5-10H2,1-4H3. The predicted octanol–water partition coefficient (Wildman–Crippen LogP) is 2.41. The maximum Gasteiger partial charge on any atom is 0.123 e. The van der Waals surface area contributed by atoms with E-state index < -0.39 is 0 Å². The maximum atomic E-state index is 6.56. The molecule has 0 bridgehead atoms. The second-order valence-electron chi connectivity index (χ2n) is 7.97. The lowest BCUT2D eigenvalue weighted by atomic mass is 9.76. The number of hydrogen-bond acceptors (Lipinski definition) is 3. The summed E-state index contributed by atoms with van der Waals surface area (Å²) < 4.78 is 6.56. The Morgan fingerprint density at radius 3 is 2.33 bits per heavy atom. The summed E-state index contributed by atoms with van der Waals surface area (Å²) in [5, 5.41) is 7.50. The van der Waals surface area contributed by atoms with Gasteiger partial charge in [0, 0.05) is 30.5 Å². The fourth-order valence-corrected chi connectivity index (χ4v) is 4.74. The zero-order chi connectivity index (χ0) is 13.0. The summed E-state index contributed by atoms with van der Waals surface area (Å²) in [6.07, 6.45) is 6.59. The Hall–Kier alpha value is -0.120. The van der Waals surface area contributed by atoms with E-state index in [-0.39, 0.29) is 16.8 Å². The Labute approximate surface area is 111 Å². The largest absolute Gasteiger partial charge is 0.357 e. The highest BCUT2D eigenvalue weighted by Crippen LogP contribution is 2.43. The molecule has 3 heteroatoms. The molecule has 1 aliphatic carbocycles. The Morgan fingerprint density at radius 2 is 1.67 bits per heavy atom. The topological polar surface area (TPSA) is 33.3 Å². The third-order valence-electron chi connectivity index (χ3n) is 4.78. The Bertz CT molecular complexity index is 321. The molecule has 3 rings (SSSR count). The van der Waals surface area contributed by atoms with Gasteiger partial charge in [-0.2, -0.15) is 0 Å². The van der Waals surface area contributed by atoms with E-state index >= 15 is 0 Å². The lowest BCUT2D eigenvalue weighted by molar-refractivity contribution is -0.194. The number of piperidine rings is 1. The number of hydrogen-bond donors (Lipinski definition) is 2. The summed E-state index contributed by atoms with van der Waals surface area (Å²) in [6.45, 7) is 10.3. The van der Waals surface area contributed by atoms with Crippen molar-refractivity contribution >= 4 is 0 Å². The molecule has 2 N–H and O–H groups in total. The van der Waals surface area contributed by atoms with Crippen LogP contribution in [0.1, 0.15) is 59.8 Å². The molecule has 3 fully saturated rings. The SMILES string of the molecule is CC1(C)CC2(CC(C)(C)N1)NCC1CCCC1O2. The molecular weight excluding hydrogens is 224 g/mol.